The Bertz CT molecular complexity index is 502. The van der Waals surface area contributed by atoms with Crippen LogP contribution in [0.15, 0.2) is 23.4 Å². The zero-order valence-corrected chi connectivity index (χ0v) is 11.9. The lowest BCUT2D eigenvalue weighted by molar-refractivity contribution is 0.108. The molecule has 0 spiro atoms. The highest BCUT2D eigenvalue weighted by Gasteiger charge is 2.17. The summed E-state index contributed by atoms with van der Waals surface area (Å²) in [7, 11) is 0. The number of aliphatic hydroxyl groups is 1. The molecule has 116 valence electrons. The number of benzene rings is 1. The molecule has 21 heavy (non-hydrogen) atoms. The molecule has 2 rings (SSSR count). The first kappa shape index (κ1) is 15.7. The number of aliphatic hydroxyl groups excluding tert-OH is 1. The average Bonchev–Trinajstić information content (AvgIpc) is 2.48. The van der Waals surface area contributed by atoms with Crippen molar-refractivity contribution >= 4 is 5.84 Å². The van der Waals surface area contributed by atoms with Crippen LogP contribution in [-0.2, 0) is 6.54 Å². The van der Waals surface area contributed by atoms with Gasteiger partial charge >= 0.3 is 0 Å². The molecular formula is C14H21FN4O2. The number of hydrogen-bond acceptors (Lipinski definition) is 5. The summed E-state index contributed by atoms with van der Waals surface area (Å²) in [5.74, 6) is -0.489. The van der Waals surface area contributed by atoms with Crippen molar-refractivity contribution in [1.82, 2.24) is 9.80 Å². The second kappa shape index (κ2) is 7.35. The summed E-state index contributed by atoms with van der Waals surface area (Å²) in [6.07, 6.45) is 0. The summed E-state index contributed by atoms with van der Waals surface area (Å²) < 4.78 is 13.6. The molecule has 0 amide bonds. The Morgan fingerprint density at radius 3 is 2.48 bits per heavy atom. The molecule has 0 saturated carbocycles. The largest absolute Gasteiger partial charge is 0.409 e. The standard InChI is InChI=1S/C14H21FN4O2/c15-13-8-11(7-12(9-13)14(16)17-21)10-19-3-1-18(2-4-19)5-6-20/h7-9,20-21H,1-6,10H2,(H2,16,17). The molecular weight excluding hydrogens is 275 g/mol. The van der Waals surface area contributed by atoms with Crippen molar-refractivity contribution in [3.63, 3.8) is 0 Å². The number of β-amino-alcohol motifs (C(OH)–C–C–N with tert-alkyl or cyclic N) is 1. The van der Waals surface area contributed by atoms with E-state index in [2.05, 4.69) is 15.0 Å². The fraction of sp³-hybridized carbons (Fsp3) is 0.500. The number of hydrogen-bond donors (Lipinski definition) is 3. The third-order valence-electron chi connectivity index (χ3n) is 3.65. The zero-order chi connectivity index (χ0) is 15.2. The highest BCUT2D eigenvalue weighted by molar-refractivity contribution is 5.97. The van der Waals surface area contributed by atoms with Crippen molar-refractivity contribution in [1.29, 1.82) is 0 Å². The molecule has 1 saturated heterocycles. The number of nitrogens with zero attached hydrogens (tertiary/aromatic N) is 3. The van der Waals surface area contributed by atoms with E-state index in [4.69, 9.17) is 16.0 Å². The van der Waals surface area contributed by atoms with Crippen LogP contribution in [0.4, 0.5) is 4.39 Å². The number of oxime groups is 1. The Morgan fingerprint density at radius 1 is 1.19 bits per heavy atom. The molecule has 0 atom stereocenters. The van der Waals surface area contributed by atoms with Crippen LogP contribution in [0.1, 0.15) is 11.1 Å². The summed E-state index contributed by atoms with van der Waals surface area (Å²) in [4.78, 5) is 4.42. The zero-order valence-electron chi connectivity index (χ0n) is 11.9. The summed E-state index contributed by atoms with van der Waals surface area (Å²) in [5, 5.41) is 20.5. The second-order valence-electron chi connectivity index (χ2n) is 5.17. The Kier molecular flexibility index (Phi) is 5.49. The Labute approximate surface area is 123 Å². The fourth-order valence-corrected chi connectivity index (χ4v) is 2.52. The van der Waals surface area contributed by atoms with Gasteiger partial charge in [0.25, 0.3) is 0 Å². The van der Waals surface area contributed by atoms with Gasteiger partial charge in [-0.05, 0) is 23.8 Å². The quantitative estimate of drug-likeness (QED) is 0.309. The lowest BCUT2D eigenvalue weighted by atomic mass is 10.1. The third kappa shape index (κ3) is 4.38. The highest BCUT2D eigenvalue weighted by Crippen LogP contribution is 2.13. The molecule has 0 aromatic heterocycles. The molecule has 1 aliphatic rings. The maximum absolute atomic E-state index is 13.6. The van der Waals surface area contributed by atoms with Gasteiger partial charge < -0.3 is 16.0 Å². The summed E-state index contributed by atoms with van der Waals surface area (Å²) in [5.41, 5.74) is 6.69. The number of nitrogens with two attached hydrogens (primary N) is 1. The molecule has 4 N–H and O–H groups in total. The third-order valence-corrected chi connectivity index (χ3v) is 3.65. The minimum Gasteiger partial charge on any atom is -0.409 e. The summed E-state index contributed by atoms with van der Waals surface area (Å²) in [6.45, 7) is 5.02. The van der Waals surface area contributed by atoms with Gasteiger partial charge in [0.1, 0.15) is 5.82 Å². The smallest absolute Gasteiger partial charge is 0.170 e. The molecule has 1 heterocycles. The Hall–Kier alpha value is -1.70. The molecule has 6 nitrogen and oxygen atoms in total. The Morgan fingerprint density at radius 2 is 1.86 bits per heavy atom. The first-order valence-electron chi connectivity index (χ1n) is 6.95. The average molecular weight is 296 g/mol. The fourth-order valence-electron chi connectivity index (χ4n) is 2.52. The van der Waals surface area contributed by atoms with Crippen LogP contribution < -0.4 is 5.73 Å². The predicted molar refractivity (Wildman–Crippen MR) is 77.7 cm³/mol. The number of piperazine rings is 1. The lowest BCUT2D eigenvalue weighted by Crippen LogP contribution is -2.46. The molecule has 0 bridgehead atoms. The number of halogens is 1. The van der Waals surface area contributed by atoms with Crippen molar-refractivity contribution < 1.29 is 14.7 Å². The molecule has 1 aliphatic heterocycles. The first-order chi connectivity index (χ1) is 10.1. The van der Waals surface area contributed by atoms with Crippen molar-refractivity contribution in [2.24, 2.45) is 10.9 Å². The first-order valence-corrected chi connectivity index (χ1v) is 6.95. The number of rotatable bonds is 5. The van der Waals surface area contributed by atoms with Gasteiger partial charge in [-0.3, -0.25) is 9.80 Å². The maximum Gasteiger partial charge on any atom is 0.170 e. The van der Waals surface area contributed by atoms with E-state index in [1.54, 1.807) is 6.07 Å². The van der Waals surface area contributed by atoms with Gasteiger partial charge in [0, 0.05) is 44.8 Å². The van der Waals surface area contributed by atoms with Crippen LogP contribution in [0.3, 0.4) is 0 Å². The van der Waals surface area contributed by atoms with E-state index in [9.17, 15) is 4.39 Å². The van der Waals surface area contributed by atoms with E-state index in [0.717, 1.165) is 31.7 Å². The monoisotopic (exact) mass is 296 g/mol. The van der Waals surface area contributed by atoms with Crippen LogP contribution in [0, 0.1) is 5.82 Å². The van der Waals surface area contributed by atoms with E-state index in [1.807, 2.05) is 0 Å². The summed E-state index contributed by atoms with van der Waals surface area (Å²) in [6, 6.07) is 4.45. The van der Waals surface area contributed by atoms with Gasteiger partial charge in [-0.1, -0.05) is 5.16 Å². The van der Waals surface area contributed by atoms with Gasteiger partial charge in [0.2, 0.25) is 0 Å². The van der Waals surface area contributed by atoms with Crippen LogP contribution in [0.5, 0.6) is 0 Å². The topological polar surface area (TPSA) is 85.3 Å². The molecule has 7 heteroatoms. The molecule has 1 aromatic carbocycles. The van der Waals surface area contributed by atoms with Gasteiger partial charge in [-0.2, -0.15) is 0 Å². The van der Waals surface area contributed by atoms with Gasteiger partial charge in [-0.25, -0.2) is 4.39 Å². The number of amidine groups is 1. The van der Waals surface area contributed by atoms with Crippen LogP contribution >= 0.6 is 0 Å². The van der Waals surface area contributed by atoms with Crippen molar-refractivity contribution in [3.8, 4) is 0 Å². The van der Waals surface area contributed by atoms with Gasteiger partial charge in [0.05, 0.1) is 6.61 Å². The maximum atomic E-state index is 13.6. The van der Waals surface area contributed by atoms with Crippen LogP contribution in [-0.4, -0.2) is 65.3 Å². The second-order valence-corrected chi connectivity index (χ2v) is 5.17. The lowest BCUT2D eigenvalue weighted by Gasteiger charge is -2.34. The molecule has 1 fully saturated rings. The van der Waals surface area contributed by atoms with Gasteiger partial charge in [0.15, 0.2) is 5.84 Å². The normalized spacial score (nSPS) is 18.1. The SMILES string of the molecule is N/C(=N/O)c1cc(F)cc(CN2CCN(CCO)CC2)c1. The van der Waals surface area contributed by atoms with Crippen molar-refractivity contribution in [3.05, 3.63) is 35.1 Å². The van der Waals surface area contributed by atoms with E-state index >= 15 is 0 Å². The van der Waals surface area contributed by atoms with E-state index in [-0.39, 0.29) is 12.4 Å². The predicted octanol–water partition coefficient (Wildman–Crippen LogP) is 0.0301. The minimum absolute atomic E-state index is 0.0940. The summed E-state index contributed by atoms with van der Waals surface area (Å²) >= 11 is 0. The van der Waals surface area contributed by atoms with Crippen molar-refractivity contribution in [2.45, 2.75) is 6.54 Å². The molecule has 0 aliphatic carbocycles. The van der Waals surface area contributed by atoms with Crippen LogP contribution in [0.25, 0.3) is 0 Å². The highest BCUT2D eigenvalue weighted by atomic mass is 19.1. The minimum atomic E-state index is -0.395. The van der Waals surface area contributed by atoms with E-state index in [1.165, 1.54) is 12.1 Å². The molecule has 0 unspecified atom stereocenters. The van der Waals surface area contributed by atoms with E-state index < -0.39 is 5.82 Å². The molecule has 0 radical (unpaired) electrons. The van der Waals surface area contributed by atoms with Crippen LogP contribution in [0.2, 0.25) is 0 Å². The van der Waals surface area contributed by atoms with Gasteiger partial charge in [-0.15, -0.1) is 0 Å². The molecule has 1 aromatic rings. The van der Waals surface area contributed by atoms with Crippen molar-refractivity contribution in [2.75, 3.05) is 39.3 Å². The Balaban J connectivity index is 1.99. The van der Waals surface area contributed by atoms with E-state index in [0.29, 0.717) is 18.7 Å².